The van der Waals surface area contributed by atoms with Gasteiger partial charge in [-0.2, -0.15) is 0 Å². The fourth-order valence-corrected chi connectivity index (χ4v) is 3.61. The number of ether oxygens (including phenoxy) is 2. The number of ketones is 1. The van der Waals surface area contributed by atoms with Gasteiger partial charge in [-0.25, -0.2) is 4.98 Å². The molecule has 1 aromatic heterocycles. The van der Waals surface area contributed by atoms with E-state index in [1.165, 1.54) is 6.08 Å². The van der Waals surface area contributed by atoms with Crippen LogP contribution in [0.2, 0.25) is 5.02 Å². The molecule has 0 spiro atoms. The second-order valence-electron chi connectivity index (χ2n) is 6.91. The number of carbonyl (C=O) groups excluding carboxylic acids is 1. The number of halogens is 1. The van der Waals surface area contributed by atoms with Gasteiger partial charge in [-0.1, -0.05) is 41.9 Å². The number of methoxy groups -OCH3 is 2. The number of benzene rings is 3. The van der Waals surface area contributed by atoms with Crippen molar-refractivity contribution in [2.45, 2.75) is 6.54 Å². The lowest BCUT2D eigenvalue weighted by atomic mass is 10.1. The lowest BCUT2D eigenvalue weighted by Crippen LogP contribution is -2.10. The molecule has 0 aliphatic heterocycles. The van der Waals surface area contributed by atoms with Gasteiger partial charge in [0.1, 0.15) is 11.5 Å². The van der Waals surface area contributed by atoms with E-state index in [1.807, 2.05) is 65.2 Å². The molecule has 5 nitrogen and oxygen atoms in total. The number of hydrogen-bond acceptors (Lipinski definition) is 4. The van der Waals surface area contributed by atoms with Crippen LogP contribution < -0.4 is 9.47 Å². The minimum absolute atomic E-state index is 0.207. The Balaban J connectivity index is 1.71. The van der Waals surface area contributed by atoms with Crippen LogP contribution in [-0.2, 0) is 6.54 Å². The summed E-state index contributed by atoms with van der Waals surface area (Å²) < 4.78 is 12.5. The standard InChI is InChI=1S/C25H21ClN2O3/c1-30-19-13-11-17(24(15-19)31-2)12-14-23(29)25-27-21-9-5-6-10-22(21)28(25)16-18-7-3-4-8-20(18)26/h3-15H,16H2,1-2H3/b14-12+. The third-order valence-corrected chi connectivity index (χ3v) is 5.38. The number of imidazole rings is 1. The van der Waals surface area contributed by atoms with E-state index in [9.17, 15) is 4.79 Å². The van der Waals surface area contributed by atoms with Crippen LogP contribution in [-0.4, -0.2) is 29.6 Å². The largest absolute Gasteiger partial charge is 0.497 e. The number of carbonyl (C=O) groups is 1. The number of allylic oxidation sites excluding steroid dienone is 1. The number of fused-ring (bicyclic) bond motifs is 1. The molecule has 4 aromatic rings. The van der Waals surface area contributed by atoms with Crippen LogP contribution in [0.25, 0.3) is 17.1 Å². The number of rotatable bonds is 7. The van der Waals surface area contributed by atoms with E-state index in [4.69, 9.17) is 21.1 Å². The van der Waals surface area contributed by atoms with Gasteiger partial charge in [0.25, 0.3) is 0 Å². The quantitative estimate of drug-likeness (QED) is 0.279. The Kier molecular flexibility index (Phi) is 6.05. The van der Waals surface area contributed by atoms with Crippen molar-refractivity contribution >= 4 is 34.5 Å². The minimum atomic E-state index is -0.207. The summed E-state index contributed by atoms with van der Waals surface area (Å²) in [5, 5.41) is 0.650. The predicted molar refractivity (Wildman–Crippen MR) is 123 cm³/mol. The van der Waals surface area contributed by atoms with Gasteiger partial charge in [0.05, 0.1) is 31.8 Å². The number of nitrogens with zero attached hydrogens (tertiary/aromatic N) is 2. The summed E-state index contributed by atoms with van der Waals surface area (Å²) >= 11 is 6.37. The fourth-order valence-electron chi connectivity index (χ4n) is 3.42. The molecular formula is C25H21ClN2O3. The average molecular weight is 433 g/mol. The van der Waals surface area contributed by atoms with Crippen molar-refractivity contribution in [1.82, 2.24) is 9.55 Å². The van der Waals surface area contributed by atoms with E-state index in [0.717, 1.165) is 22.2 Å². The van der Waals surface area contributed by atoms with E-state index in [-0.39, 0.29) is 5.78 Å². The first-order valence-electron chi connectivity index (χ1n) is 9.74. The first-order chi connectivity index (χ1) is 15.1. The van der Waals surface area contributed by atoms with Crippen molar-refractivity contribution < 1.29 is 14.3 Å². The summed E-state index contributed by atoms with van der Waals surface area (Å²) in [6.45, 7) is 0.445. The Morgan fingerprint density at radius 2 is 1.81 bits per heavy atom. The van der Waals surface area contributed by atoms with Crippen molar-refractivity contribution in [2.24, 2.45) is 0 Å². The molecule has 31 heavy (non-hydrogen) atoms. The van der Waals surface area contributed by atoms with E-state index in [2.05, 4.69) is 4.98 Å². The average Bonchev–Trinajstić information content (AvgIpc) is 3.17. The molecule has 0 atom stereocenters. The first kappa shape index (κ1) is 20.7. The summed E-state index contributed by atoms with van der Waals surface area (Å²) in [5.74, 6) is 1.45. The van der Waals surface area contributed by atoms with Gasteiger partial charge >= 0.3 is 0 Å². The molecule has 156 valence electrons. The van der Waals surface area contributed by atoms with Crippen molar-refractivity contribution in [3.05, 3.63) is 94.8 Å². The second-order valence-corrected chi connectivity index (χ2v) is 7.31. The van der Waals surface area contributed by atoms with Crippen LogP contribution in [0.4, 0.5) is 0 Å². The van der Waals surface area contributed by atoms with E-state index < -0.39 is 0 Å². The molecular weight excluding hydrogens is 412 g/mol. The molecule has 0 saturated heterocycles. The van der Waals surface area contributed by atoms with Gasteiger partial charge in [-0.05, 0) is 48.0 Å². The maximum atomic E-state index is 13.1. The van der Waals surface area contributed by atoms with Crippen molar-refractivity contribution in [3.8, 4) is 11.5 Å². The number of hydrogen-bond donors (Lipinski definition) is 0. The van der Waals surface area contributed by atoms with Crippen molar-refractivity contribution in [3.63, 3.8) is 0 Å². The monoisotopic (exact) mass is 432 g/mol. The lowest BCUT2D eigenvalue weighted by Gasteiger charge is -2.10. The summed E-state index contributed by atoms with van der Waals surface area (Å²) in [5.41, 5.74) is 3.32. The molecule has 0 aliphatic carbocycles. The van der Waals surface area contributed by atoms with E-state index in [1.54, 1.807) is 26.4 Å². The van der Waals surface area contributed by atoms with E-state index >= 15 is 0 Å². The Labute approximate surface area is 185 Å². The zero-order valence-corrected chi connectivity index (χ0v) is 18.0. The van der Waals surface area contributed by atoms with Gasteiger partial charge in [0.15, 0.2) is 5.82 Å². The highest BCUT2D eigenvalue weighted by Crippen LogP contribution is 2.26. The lowest BCUT2D eigenvalue weighted by molar-refractivity contribution is 0.103. The zero-order valence-electron chi connectivity index (χ0n) is 17.2. The molecule has 0 amide bonds. The smallest absolute Gasteiger partial charge is 0.221 e. The zero-order chi connectivity index (χ0) is 21.8. The molecule has 0 unspecified atom stereocenters. The van der Waals surface area contributed by atoms with Gasteiger partial charge in [-0.3, -0.25) is 4.79 Å². The molecule has 0 aliphatic rings. The van der Waals surface area contributed by atoms with E-state index in [0.29, 0.717) is 28.9 Å². The van der Waals surface area contributed by atoms with Crippen LogP contribution in [0.5, 0.6) is 11.5 Å². The maximum Gasteiger partial charge on any atom is 0.221 e. The van der Waals surface area contributed by atoms with Crippen LogP contribution in [0, 0.1) is 0 Å². The summed E-state index contributed by atoms with van der Waals surface area (Å²) in [4.78, 5) is 17.7. The number of para-hydroxylation sites is 2. The third-order valence-electron chi connectivity index (χ3n) is 5.02. The topological polar surface area (TPSA) is 53.3 Å². The molecule has 6 heteroatoms. The van der Waals surface area contributed by atoms with Crippen molar-refractivity contribution in [2.75, 3.05) is 14.2 Å². The highest BCUT2D eigenvalue weighted by Gasteiger charge is 2.17. The fraction of sp³-hybridized carbons (Fsp3) is 0.120. The predicted octanol–water partition coefficient (Wildman–Crippen LogP) is 5.65. The molecule has 1 heterocycles. The Morgan fingerprint density at radius 3 is 2.58 bits per heavy atom. The van der Waals surface area contributed by atoms with Crippen molar-refractivity contribution in [1.29, 1.82) is 0 Å². The minimum Gasteiger partial charge on any atom is -0.497 e. The molecule has 0 N–H and O–H groups in total. The second kappa shape index (κ2) is 9.06. The van der Waals surface area contributed by atoms with Crippen LogP contribution >= 0.6 is 11.6 Å². The Morgan fingerprint density at radius 1 is 1.03 bits per heavy atom. The molecule has 0 bridgehead atoms. The highest BCUT2D eigenvalue weighted by molar-refractivity contribution is 6.31. The molecule has 4 rings (SSSR count). The maximum absolute atomic E-state index is 13.1. The summed E-state index contributed by atoms with van der Waals surface area (Å²) in [6.07, 6.45) is 3.23. The normalized spacial score (nSPS) is 11.2. The number of aromatic nitrogens is 2. The van der Waals surface area contributed by atoms with Gasteiger partial charge in [-0.15, -0.1) is 0 Å². The van der Waals surface area contributed by atoms with Gasteiger partial charge in [0.2, 0.25) is 5.78 Å². The molecule has 0 radical (unpaired) electrons. The molecule has 0 fully saturated rings. The first-order valence-corrected chi connectivity index (χ1v) is 10.1. The SMILES string of the molecule is COc1ccc(/C=C/C(=O)c2nc3ccccc3n2Cc2ccccc2Cl)c(OC)c1. The summed E-state index contributed by atoms with van der Waals surface area (Å²) in [7, 11) is 3.17. The van der Waals surface area contributed by atoms with Crippen LogP contribution in [0.1, 0.15) is 21.7 Å². The van der Waals surface area contributed by atoms with Crippen LogP contribution in [0.3, 0.4) is 0 Å². The highest BCUT2D eigenvalue weighted by atomic mass is 35.5. The molecule has 0 saturated carbocycles. The van der Waals surface area contributed by atoms with Crippen LogP contribution in [0.15, 0.2) is 72.8 Å². The van der Waals surface area contributed by atoms with Gasteiger partial charge in [0, 0.05) is 16.7 Å². The molecule has 3 aromatic carbocycles. The van der Waals surface area contributed by atoms with Gasteiger partial charge < -0.3 is 14.0 Å². The third kappa shape index (κ3) is 4.32. The Bertz CT molecular complexity index is 1280. The summed E-state index contributed by atoms with van der Waals surface area (Å²) in [6, 6.07) is 20.7. The Hall–Kier alpha value is -3.57.